The zero-order valence-corrected chi connectivity index (χ0v) is 5.84. The van der Waals surface area contributed by atoms with E-state index in [1.807, 2.05) is 6.08 Å². The molecule has 1 aliphatic carbocycles. The fourth-order valence-electron chi connectivity index (χ4n) is 1.31. The molecule has 0 unspecified atom stereocenters. The van der Waals surface area contributed by atoms with E-state index in [1.165, 1.54) is 25.7 Å². The van der Waals surface area contributed by atoms with Crippen LogP contribution in [-0.4, -0.2) is 12.6 Å². The van der Waals surface area contributed by atoms with Gasteiger partial charge in [-0.25, -0.2) is 5.32 Å². The third-order valence-electron chi connectivity index (χ3n) is 1.82. The van der Waals surface area contributed by atoms with E-state index in [-0.39, 0.29) is 0 Å². The van der Waals surface area contributed by atoms with Gasteiger partial charge < -0.3 is 0 Å². The third-order valence-corrected chi connectivity index (χ3v) is 1.82. The maximum absolute atomic E-state index is 4.42. The fraction of sp³-hybridized carbons (Fsp3) is 0.750. The first-order valence-corrected chi connectivity index (χ1v) is 3.71. The Balaban J connectivity index is 2.04. The second-order valence-electron chi connectivity index (χ2n) is 2.59. The lowest BCUT2D eigenvalue weighted by atomic mass is 10.2. The first-order valence-electron chi connectivity index (χ1n) is 3.71. The molecule has 1 saturated carbocycles. The Morgan fingerprint density at radius 1 is 1.44 bits per heavy atom. The van der Waals surface area contributed by atoms with Crippen LogP contribution in [0, 0.1) is 0 Å². The Bertz CT molecular complexity index is 82.6. The summed E-state index contributed by atoms with van der Waals surface area (Å²) in [6, 6.07) is 0.669. The number of hydrogen-bond donors (Lipinski definition) is 0. The SMILES string of the molecule is C=CC[N]C1CCCC1. The van der Waals surface area contributed by atoms with Gasteiger partial charge in [0, 0.05) is 12.6 Å². The van der Waals surface area contributed by atoms with Gasteiger partial charge in [0.2, 0.25) is 0 Å². The van der Waals surface area contributed by atoms with Gasteiger partial charge in [0.1, 0.15) is 0 Å². The molecule has 1 fully saturated rings. The van der Waals surface area contributed by atoms with Crippen LogP contribution < -0.4 is 5.32 Å². The van der Waals surface area contributed by atoms with Crippen molar-refractivity contribution in [2.45, 2.75) is 31.7 Å². The van der Waals surface area contributed by atoms with Crippen LogP contribution in [0.1, 0.15) is 25.7 Å². The van der Waals surface area contributed by atoms with Crippen LogP contribution >= 0.6 is 0 Å². The molecule has 1 heteroatoms. The lowest BCUT2D eigenvalue weighted by Crippen LogP contribution is -2.17. The molecule has 0 aromatic carbocycles. The molecule has 1 rings (SSSR count). The molecule has 9 heavy (non-hydrogen) atoms. The van der Waals surface area contributed by atoms with Gasteiger partial charge in [0.05, 0.1) is 0 Å². The van der Waals surface area contributed by atoms with Crippen LogP contribution in [0.3, 0.4) is 0 Å². The molecule has 0 N–H and O–H groups in total. The second-order valence-corrected chi connectivity index (χ2v) is 2.59. The van der Waals surface area contributed by atoms with Crippen LogP contribution in [0.4, 0.5) is 0 Å². The first kappa shape index (κ1) is 6.81. The smallest absolute Gasteiger partial charge is 0.0314 e. The van der Waals surface area contributed by atoms with Crippen LogP contribution in [0.15, 0.2) is 12.7 Å². The molecule has 51 valence electrons. The summed E-state index contributed by atoms with van der Waals surface area (Å²) in [7, 11) is 0. The van der Waals surface area contributed by atoms with Gasteiger partial charge in [-0.15, -0.1) is 6.58 Å². The monoisotopic (exact) mass is 124 g/mol. The number of hydrogen-bond acceptors (Lipinski definition) is 0. The largest absolute Gasteiger partial charge is 0.234 e. The quantitative estimate of drug-likeness (QED) is 0.509. The predicted molar refractivity (Wildman–Crippen MR) is 39.5 cm³/mol. The Hall–Kier alpha value is -0.300. The van der Waals surface area contributed by atoms with Crippen LogP contribution in [0.2, 0.25) is 0 Å². The number of nitrogens with zero attached hydrogens (tertiary/aromatic N) is 1. The van der Waals surface area contributed by atoms with Crippen LogP contribution in [0.25, 0.3) is 0 Å². The third kappa shape index (κ3) is 2.19. The van der Waals surface area contributed by atoms with Gasteiger partial charge in [-0.1, -0.05) is 18.9 Å². The summed E-state index contributed by atoms with van der Waals surface area (Å²) in [6.07, 6.45) is 7.26. The molecular formula is C8H14N. The lowest BCUT2D eigenvalue weighted by molar-refractivity contribution is 0.545. The predicted octanol–water partition coefficient (Wildman–Crippen LogP) is 1.72. The van der Waals surface area contributed by atoms with Crippen molar-refractivity contribution in [2.75, 3.05) is 6.54 Å². The zero-order valence-electron chi connectivity index (χ0n) is 5.84. The Labute approximate surface area is 57.1 Å². The highest BCUT2D eigenvalue weighted by molar-refractivity contribution is 4.77. The van der Waals surface area contributed by atoms with Crippen molar-refractivity contribution in [3.8, 4) is 0 Å². The molecule has 0 aromatic heterocycles. The van der Waals surface area contributed by atoms with Gasteiger partial charge in [-0.05, 0) is 12.8 Å². The molecule has 0 amide bonds. The molecule has 0 aliphatic heterocycles. The molecule has 0 bridgehead atoms. The highest BCUT2D eigenvalue weighted by atomic mass is 14.9. The van der Waals surface area contributed by atoms with E-state index in [0.29, 0.717) is 6.04 Å². The van der Waals surface area contributed by atoms with E-state index in [9.17, 15) is 0 Å². The van der Waals surface area contributed by atoms with Gasteiger partial charge in [-0.3, -0.25) is 0 Å². The van der Waals surface area contributed by atoms with E-state index in [0.717, 1.165) is 6.54 Å². The van der Waals surface area contributed by atoms with Crippen molar-refractivity contribution < 1.29 is 0 Å². The molecule has 1 radical (unpaired) electrons. The molecule has 0 saturated heterocycles. The first-order chi connectivity index (χ1) is 4.43. The van der Waals surface area contributed by atoms with Gasteiger partial charge in [0.25, 0.3) is 0 Å². The highest BCUT2D eigenvalue weighted by Gasteiger charge is 2.13. The second kappa shape index (κ2) is 3.67. The molecule has 0 heterocycles. The van der Waals surface area contributed by atoms with Crippen molar-refractivity contribution in [3.05, 3.63) is 12.7 Å². The maximum atomic E-state index is 4.42. The summed E-state index contributed by atoms with van der Waals surface area (Å²) in [5.41, 5.74) is 0. The Morgan fingerprint density at radius 2 is 2.11 bits per heavy atom. The summed E-state index contributed by atoms with van der Waals surface area (Å²) in [6.45, 7) is 4.48. The van der Waals surface area contributed by atoms with E-state index in [2.05, 4.69) is 11.9 Å². The highest BCUT2D eigenvalue weighted by Crippen LogP contribution is 2.17. The zero-order chi connectivity index (χ0) is 6.53. The summed E-state index contributed by atoms with van der Waals surface area (Å²) in [5.74, 6) is 0. The maximum Gasteiger partial charge on any atom is 0.0314 e. The van der Waals surface area contributed by atoms with Crippen molar-refractivity contribution in [2.24, 2.45) is 0 Å². The minimum Gasteiger partial charge on any atom is -0.234 e. The Morgan fingerprint density at radius 3 is 2.67 bits per heavy atom. The van der Waals surface area contributed by atoms with Crippen LogP contribution in [0.5, 0.6) is 0 Å². The Kier molecular flexibility index (Phi) is 2.78. The summed E-state index contributed by atoms with van der Waals surface area (Å²) in [4.78, 5) is 0. The molecule has 0 spiro atoms. The minimum absolute atomic E-state index is 0.669. The van der Waals surface area contributed by atoms with Crippen LogP contribution in [-0.2, 0) is 0 Å². The molecule has 0 aromatic rings. The van der Waals surface area contributed by atoms with Gasteiger partial charge in [0.15, 0.2) is 0 Å². The summed E-state index contributed by atoms with van der Waals surface area (Å²) < 4.78 is 0. The van der Waals surface area contributed by atoms with Crippen molar-refractivity contribution >= 4 is 0 Å². The number of rotatable bonds is 3. The van der Waals surface area contributed by atoms with Crippen molar-refractivity contribution in [3.63, 3.8) is 0 Å². The fourth-order valence-corrected chi connectivity index (χ4v) is 1.31. The topological polar surface area (TPSA) is 14.1 Å². The lowest BCUT2D eigenvalue weighted by Gasteiger charge is -2.04. The normalized spacial score (nSPS) is 20.4. The molecule has 1 aliphatic rings. The van der Waals surface area contributed by atoms with E-state index >= 15 is 0 Å². The van der Waals surface area contributed by atoms with E-state index < -0.39 is 0 Å². The molecule has 0 atom stereocenters. The van der Waals surface area contributed by atoms with Crippen molar-refractivity contribution in [1.82, 2.24) is 5.32 Å². The van der Waals surface area contributed by atoms with Crippen molar-refractivity contribution in [1.29, 1.82) is 0 Å². The summed E-state index contributed by atoms with van der Waals surface area (Å²) in [5, 5.41) is 4.42. The molecule has 1 nitrogen and oxygen atoms in total. The minimum atomic E-state index is 0.669. The van der Waals surface area contributed by atoms with E-state index in [4.69, 9.17) is 0 Å². The van der Waals surface area contributed by atoms with Gasteiger partial charge in [-0.2, -0.15) is 0 Å². The average Bonchev–Trinajstić information content (AvgIpc) is 2.34. The average molecular weight is 124 g/mol. The summed E-state index contributed by atoms with van der Waals surface area (Å²) >= 11 is 0. The van der Waals surface area contributed by atoms with Gasteiger partial charge >= 0.3 is 0 Å². The standard InChI is InChI=1S/C8H14N/c1-2-7-9-8-5-3-4-6-8/h2,8H,1,3-7H2. The molecular weight excluding hydrogens is 110 g/mol. The van der Waals surface area contributed by atoms with E-state index in [1.54, 1.807) is 0 Å².